The Morgan fingerprint density at radius 2 is 2.05 bits per heavy atom. The molecule has 2 aliphatic heterocycles. The van der Waals surface area contributed by atoms with E-state index >= 15 is 0 Å². The molecule has 3 rings (SSSR count). The average Bonchev–Trinajstić information content (AvgIpc) is 2.48. The van der Waals surface area contributed by atoms with Gasteiger partial charge in [-0.3, -0.25) is 4.79 Å². The van der Waals surface area contributed by atoms with Gasteiger partial charge in [-0.2, -0.15) is 4.31 Å². The first-order valence-electron chi connectivity index (χ1n) is 7.53. The lowest BCUT2D eigenvalue weighted by Crippen LogP contribution is -2.42. The van der Waals surface area contributed by atoms with Crippen molar-refractivity contribution in [3.8, 4) is 0 Å². The molecule has 1 unspecified atom stereocenters. The summed E-state index contributed by atoms with van der Waals surface area (Å²) < 4.78 is 27.3. The van der Waals surface area contributed by atoms with Crippen LogP contribution in [0, 0.1) is 0 Å². The van der Waals surface area contributed by atoms with Crippen LogP contribution in [-0.2, 0) is 21.2 Å². The summed E-state index contributed by atoms with van der Waals surface area (Å²) in [6.07, 6.45) is 3.70. The minimum Gasteiger partial charge on any atom is -0.325 e. The number of piperidine rings is 1. The topological polar surface area (TPSA) is 66.5 Å². The number of aryl methyl sites for hydroxylation is 1. The predicted octanol–water partition coefficient (Wildman–Crippen LogP) is 2.79. The lowest BCUT2D eigenvalue weighted by molar-refractivity contribution is -0.116. The van der Waals surface area contributed by atoms with E-state index in [9.17, 15) is 13.2 Å². The normalized spacial score (nSPS) is 23.0. The van der Waals surface area contributed by atoms with Gasteiger partial charge >= 0.3 is 0 Å². The van der Waals surface area contributed by atoms with Crippen LogP contribution < -0.4 is 5.32 Å². The summed E-state index contributed by atoms with van der Waals surface area (Å²) in [5.74, 6) is -0.0883. The molecule has 1 saturated heterocycles. The van der Waals surface area contributed by atoms with Gasteiger partial charge in [0.15, 0.2) is 0 Å². The van der Waals surface area contributed by atoms with Crippen molar-refractivity contribution in [3.63, 3.8) is 0 Å². The first kappa shape index (κ1) is 15.8. The third-order valence-corrected chi connectivity index (χ3v) is 6.67. The number of carbonyl (C=O) groups is 1. The van der Waals surface area contributed by atoms with Gasteiger partial charge in [-0.15, -0.1) is 0 Å². The molecule has 1 N–H and O–H groups in total. The minimum absolute atomic E-state index is 0.00765. The van der Waals surface area contributed by atoms with Crippen LogP contribution in [0.15, 0.2) is 17.0 Å². The van der Waals surface area contributed by atoms with Gasteiger partial charge in [0.05, 0.1) is 15.6 Å². The van der Waals surface area contributed by atoms with Crippen LogP contribution in [0.3, 0.4) is 0 Å². The van der Waals surface area contributed by atoms with E-state index < -0.39 is 10.0 Å². The fourth-order valence-electron chi connectivity index (χ4n) is 3.14. The van der Waals surface area contributed by atoms with Crippen LogP contribution in [0.4, 0.5) is 5.69 Å². The molecule has 2 heterocycles. The SMILES string of the molecule is CC1CCCCN1S(=O)(=O)c1cc(Cl)c2c(c1)CCC(=O)N2. The van der Waals surface area contributed by atoms with Gasteiger partial charge < -0.3 is 5.32 Å². The summed E-state index contributed by atoms with van der Waals surface area (Å²) >= 11 is 6.20. The van der Waals surface area contributed by atoms with Gasteiger partial charge in [-0.25, -0.2) is 8.42 Å². The molecular weight excluding hydrogens is 324 g/mol. The molecule has 1 amide bonds. The van der Waals surface area contributed by atoms with Gasteiger partial charge in [0, 0.05) is 19.0 Å². The summed E-state index contributed by atoms with van der Waals surface area (Å²) in [6, 6.07) is 3.10. The number of carbonyl (C=O) groups excluding carboxylic acids is 1. The largest absolute Gasteiger partial charge is 0.325 e. The lowest BCUT2D eigenvalue weighted by Gasteiger charge is -2.32. The van der Waals surface area contributed by atoms with E-state index in [1.54, 1.807) is 10.4 Å². The highest BCUT2D eigenvalue weighted by atomic mass is 35.5. The molecule has 0 spiro atoms. The molecular formula is C15H19ClN2O3S. The fraction of sp³-hybridized carbons (Fsp3) is 0.533. The molecule has 0 radical (unpaired) electrons. The molecule has 1 aromatic rings. The van der Waals surface area contributed by atoms with E-state index in [-0.39, 0.29) is 21.9 Å². The number of hydrogen-bond donors (Lipinski definition) is 1. The zero-order chi connectivity index (χ0) is 15.9. The highest BCUT2D eigenvalue weighted by molar-refractivity contribution is 7.89. The number of amides is 1. The van der Waals surface area contributed by atoms with Crippen molar-refractivity contribution < 1.29 is 13.2 Å². The van der Waals surface area contributed by atoms with Crippen LogP contribution in [0.5, 0.6) is 0 Å². The summed E-state index contributed by atoms with van der Waals surface area (Å²) in [4.78, 5) is 11.7. The molecule has 2 aliphatic rings. The summed E-state index contributed by atoms with van der Waals surface area (Å²) in [5, 5.41) is 3.00. The van der Waals surface area contributed by atoms with Crippen molar-refractivity contribution in [3.05, 3.63) is 22.7 Å². The zero-order valence-corrected chi connectivity index (χ0v) is 14.0. The number of anilines is 1. The first-order valence-corrected chi connectivity index (χ1v) is 9.35. The number of fused-ring (bicyclic) bond motifs is 1. The smallest absolute Gasteiger partial charge is 0.243 e. The van der Waals surface area contributed by atoms with Crippen molar-refractivity contribution in [1.82, 2.24) is 4.31 Å². The Bertz CT molecular complexity index is 718. The Morgan fingerprint density at radius 1 is 1.27 bits per heavy atom. The number of benzene rings is 1. The van der Waals surface area contributed by atoms with E-state index in [1.807, 2.05) is 6.92 Å². The highest BCUT2D eigenvalue weighted by Gasteiger charge is 2.32. The highest BCUT2D eigenvalue weighted by Crippen LogP contribution is 2.35. The quantitative estimate of drug-likeness (QED) is 0.898. The number of nitrogens with zero attached hydrogens (tertiary/aromatic N) is 1. The molecule has 0 aromatic heterocycles. The van der Waals surface area contributed by atoms with Gasteiger partial charge in [0.25, 0.3) is 0 Å². The molecule has 0 aliphatic carbocycles. The number of hydrogen-bond acceptors (Lipinski definition) is 3. The predicted molar refractivity (Wildman–Crippen MR) is 85.6 cm³/mol. The van der Waals surface area contributed by atoms with Crippen LogP contribution in [0.2, 0.25) is 5.02 Å². The van der Waals surface area contributed by atoms with E-state index in [0.29, 0.717) is 25.1 Å². The molecule has 1 atom stereocenters. The Morgan fingerprint density at radius 3 is 2.77 bits per heavy atom. The van der Waals surface area contributed by atoms with Crippen molar-refractivity contribution in [2.75, 3.05) is 11.9 Å². The number of nitrogens with one attached hydrogen (secondary N) is 1. The third kappa shape index (κ3) is 2.75. The van der Waals surface area contributed by atoms with Gasteiger partial charge in [-0.05, 0) is 43.9 Å². The molecule has 0 bridgehead atoms. The second-order valence-electron chi connectivity index (χ2n) is 5.95. The first-order chi connectivity index (χ1) is 10.4. The standard InChI is InChI=1S/C15H19ClN2O3S/c1-10-4-2-3-7-18(10)22(20,21)12-8-11-5-6-14(19)17-15(11)13(16)9-12/h8-10H,2-7H2,1H3,(H,17,19). The van der Waals surface area contributed by atoms with Crippen molar-refractivity contribution in [2.45, 2.75) is 50.0 Å². The summed E-state index contributed by atoms with van der Waals surface area (Å²) in [5.41, 5.74) is 1.33. The van der Waals surface area contributed by atoms with E-state index in [0.717, 1.165) is 24.8 Å². The Labute approximate surface area is 135 Å². The summed E-state index contributed by atoms with van der Waals surface area (Å²) in [7, 11) is -3.54. The second-order valence-corrected chi connectivity index (χ2v) is 8.25. The average molecular weight is 343 g/mol. The fourth-order valence-corrected chi connectivity index (χ4v) is 5.26. The van der Waals surface area contributed by atoms with Crippen molar-refractivity contribution in [2.24, 2.45) is 0 Å². The number of sulfonamides is 1. The molecule has 120 valence electrons. The Balaban J connectivity index is 2.01. The van der Waals surface area contributed by atoms with E-state index in [1.165, 1.54) is 6.07 Å². The van der Waals surface area contributed by atoms with Crippen LogP contribution >= 0.6 is 11.6 Å². The summed E-state index contributed by atoms with van der Waals surface area (Å²) in [6.45, 7) is 2.49. The Kier molecular flexibility index (Phi) is 4.18. The van der Waals surface area contributed by atoms with E-state index in [4.69, 9.17) is 11.6 Å². The molecule has 1 aromatic carbocycles. The van der Waals surface area contributed by atoms with Crippen molar-refractivity contribution >= 4 is 33.2 Å². The minimum atomic E-state index is -3.54. The molecule has 7 heteroatoms. The maximum absolute atomic E-state index is 12.9. The third-order valence-electron chi connectivity index (χ3n) is 4.38. The van der Waals surface area contributed by atoms with Crippen LogP contribution in [0.25, 0.3) is 0 Å². The van der Waals surface area contributed by atoms with Gasteiger partial charge in [0.2, 0.25) is 15.9 Å². The molecule has 22 heavy (non-hydrogen) atoms. The van der Waals surface area contributed by atoms with Crippen molar-refractivity contribution in [1.29, 1.82) is 0 Å². The lowest BCUT2D eigenvalue weighted by atomic mass is 10.0. The monoisotopic (exact) mass is 342 g/mol. The molecule has 0 saturated carbocycles. The van der Waals surface area contributed by atoms with Gasteiger partial charge in [-0.1, -0.05) is 18.0 Å². The van der Waals surface area contributed by atoms with Crippen LogP contribution in [0.1, 0.15) is 38.2 Å². The van der Waals surface area contributed by atoms with Gasteiger partial charge in [0.1, 0.15) is 0 Å². The number of rotatable bonds is 2. The van der Waals surface area contributed by atoms with Crippen LogP contribution in [-0.4, -0.2) is 31.2 Å². The van der Waals surface area contributed by atoms with E-state index in [2.05, 4.69) is 5.32 Å². The molecule has 1 fully saturated rings. The maximum Gasteiger partial charge on any atom is 0.243 e. The zero-order valence-electron chi connectivity index (χ0n) is 12.4. The molecule has 5 nitrogen and oxygen atoms in total. The number of halogens is 1. The maximum atomic E-state index is 12.9. The second kappa shape index (κ2) is 5.83. The Hall–Kier alpha value is -1.11.